The minimum Gasteiger partial charge on any atom is -0.490 e. The van der Waals surface area contributed by atoms with E-state index in [9.17, 15) is 5.11 Å². The summed E-state index contributed by atoms with van der Waals surface area (Å²) in [6.45, 7) is 4.45. The maximum Gasteiger partial charge on any atom is 0.237 e. The first-order valence-corrected chi connectivity index (χ1v) is 8.56. The van der Waals surface area contributed by atoms with Gasteiger partial charge in [0.05, 0.1) is 6.20 Å². The number of hydrogen-bond donors (Lipinski definition) is 1. The Hall–Kier alpha value is -2.92. The number of nitrogens with zero attached hydrogens (tertiary/aromatic N) is 2. The SMILES string of the molecule is CC(C)c1ccc(C(O)COc2cccc(Oc3cnccn3)c2)cc1. The van der Waals surface area contributed by atoms with Crippen LogP contribution in [0, 0.1) is 0 Å². The lowest BCUT2D eigenvalue weighted by molar-refractivity contribution is 0.108. The van der Waals surface area contributed by atoms with E-state index in [0.717, 1.165) is 5.56 Å². The van der Waals surface area contributed by atoms with Crippen molar-refractivity contribution in [1.29, 1.82) is 0 Å². The summed E-state index contributed by atoms with van der Waals surface area (Å²) in [6, 6.07) is 15.2. The van der Waals surface area contributed by atoms with Gasteiger partial charge in [-0.15, -0.1) is 0 Å². The first-order chi connectivity index (χ1) is 12.6. The lowest BCUT2D eigenvalue weighted by Gasteiger charge is -2.14. The third-order valence-electron chi connectivity index (χ3n) is 3.96. The van der Waals surface area contributed by atoms with Crippen molar-refractivity contribution in [2.75, 3.05) is 6.61 Å². The summed E-state index contributed by atoms with van der Waals surface area (Å²) < 4.78 is 11.3. The second-order valence-corrected chi connectivity index (χ2v) is 6.27. The molecule has 2 aromatic carbocycles. The molecule has 3 aromatic rings. The van der Waals surface area contributed by atoms with E-state index in [1.54, 1.807) is 18.5 Å². The van der Waals surface area contributed by atoms with E-state index < -0.39 is 6.10 Å². The lowest BCUT2D eigenvalue weighted by atomic mass is 10.0. The molecule has 0 saturated carbocycles. The van der Waals surface area contributed by atoms with Gasteiger partial charge in [0.2, 0.25) is 5.88 Å². The Morgan fingerprint density at radius 3 is 2.38 bits per heavy atom. The Morgan fingerprint density at radius 2 is 1.69 bits per heavy atom. The molecule has 5 nitrogen and oxygen atoms in total. The number of ether oxygens (including phenoxy) is 2. The largest absolute Gasteiger partial charge is 0.490 e. The first-order valence-electron chi connectivity index (χ1n) is 8.56. The number of hydrogen-bond acceptors (Lipinski definition) is 5. The van der Waals surface area contributed by atoms with Gasteiger partial charge in [-0.2, -0.15) is 0 Å². The molecule has 1 unspecified atom stereocenters. The molecule has 0 radical (unpaired) electrons. The van der Waals surface area contributed by atoms with E-state index in [0.29, 0.717) is 23.3 Å². The smallest absolute Gasteiger partial charge is 0.237 e. The fraction of sp³-hybridized carbons (Fsp3) is 0.238. The molecule has 0 aliphatic carbocycles. The highest BCUT2D eigenvalue weighted by Gasteiger charge is 2.10. The summed E-state index contributed by atoms with van der Waals surface area (Å²) >= 11 is 0. The van der Waals surface area contributed by atoms with Gasteiger partial charge in [-0.25, -0.2) is 4.98 Å². The van der Waals surface area contributed by atoms with Crippen LogP contribution in [0.1, 0.15) is 37.0 Å². The predicted octanol–water partition coefficient (Wildman–Crippen LogP) is 4.50. The van der Waals surface area contributed by atoms with E-state index in [-0.39, 0.29) is 6.61 Å². The van der Waals surface area contributed by atoms with E-state index in [1.165, 1.54) is 11.8 Å². The summed E-state index contributed by atoms with van der Waals surface area (Å²) in [5, 5.41) is 10.3. The van der Waals surface area contributed by atoms with Crippen molar-refractivity contribution in [2.24, 2.45) is 0 Å². The van der Waals surface area contributed by atoms with Crippen LogP contribution in [0.3, 0.4) is 0 Å². The van der Waals surface area contributed by atoms with Crippen LogP contribution < -0.4 is 9.47 Å². The molecular weight excluding hydrogens is 328 g/mol. The van der Waals surface area contributed by atoms with Crippen LogP contribution in [-0.2, 0) is 0 Å². The number of rotatable bonds is 7. The van der Waals surface area contributed by atoms with E-state index in [2.05, 4.69) is 23.8 Å². The molecule has 3 rings (SSSR count). The van der Waals surface area contributed by atoms with Gasteiger partial charge >= 0.3 is 0 Å². The zero-order valence-electron chi connectivity index (χ0n) is 14.9. The average Bonchev–Trinajstić information content (AvgIpc) is 2.67. The van der Waals surface area contributed by atoms with Gasteiger partial charge in [0.1, 0.15) is 24.2 Å². The van der Waals surface area contributed by atoms with Gasteiger partial charge in [0.15, 0.2) is 0 Å². The fourth-order valence-corrected chi connectivity index (χ4v) is 2.46. The second kappa shape index (κ2) is 8.45. The Balaban J connectivity index is 1.59. The monoisotopic (exact) mass is 350 g/mol. The Labute approximate surface area is 153 Å². The van der Waals surface area contributed by atoms with Crippen molar-refractivity contribution in [3.05, 3.63) is 78.2 Å². The van der Waals surface area contributed by atoms with Gasteiger partial charge in [-0.3, -0.25) is 4.98 Å². The molecule has 26 heavy (non-hydrogen) atoms. The maximum absolute atomic E-state index is 10.3. The summed E-state index contributed by atoms with van der Waals surface area (Å²) in [7, 11) is 0. The van der Waals surface area contributed by atoms with E-state index >= 15 is 0 Å². The van der Waals surface area contributed by atoms with Crippen molar-refractivity contribution >= 4 is 0 Å². The van der Waals surface area contributed by atoms with Crippen molar-refractivity contribution in [1.82, 2.24) is 9.97 Å². The standard InChI is InChI=1S/C21H22N2O3/c1-15(2)16-6-8-17(9-7-16)20(24)14-25-18-4-3-5-19(12-18)26-21-13-22-10-11-23-21/h3-13,15,20,24H,14H2,1-2H3. The van der Waals surface area contributed by atoms with E-state index in [1.807, 2.05) is 42.5 Å². The summed E-state index contributed by atoms with van der Waals surface area (Å²) in [5.41, 5.74) is 2.08. The molecule has 0 bridgehead atoms. The van der Waals surface area contributed by atoms with Crippen molar-refractivity contribution < 1.29 is 14.6 Å². The Bertz CT molecular complexity index is 820. The number of aliphatic hydroxyl groups excluding tert-OH is 1. The highest BCUT2D eigenvalue weighted by molar-refractivity contribution is 5.35. The number of benzene rings is 2. The number of aromatic nitrogens is 2. The van der Waals surface area contributed by atoms with Crippen molar-refractivity contribution in [3.63, 3.8) is 0 Å². The van der Waals surface area contributed by atoms with Crippen LogP contribution >= 0.6 is 0 Å². The minimum atomic E-state index is -0.694. The van der Waals surface area contributed by atoms with Crippen molar-refractivity contribution in [2.45, 2.75) is 25.9 Å². The van der Waals surface area contributed by atoms with Crippen LogP contribution in [-0.4, -0.2) is 21.7 Å². The zero-order chi connectivity index (χ0) is 18.4. The third-order valence-corrected chi connectivity index (χ3v) is 3.96. The lowest BCUT2D eigenvalue weighted by Crippen LogP contribution is -2.09. The third kappa shape index (κ3) is 4.80. The molecule has 1 heterocycles. The molecule has 0 spiro atoms. The number of aliphatic hydroxyl groups is 1. The first kappa shape index (κ1) is 17.9. The highest BCUT2D eigenvalue weighted by atomic mass is 16.5. The summed E-state index contributed by atoms with van der Waals surface area (Å²) in [4.78, 5) is 8.03. The molecule has 0 aliphatic rings. The zero-order valence-corrected chi connectivity index (χ0v) is 14.9. The van der Waals surface area contributed by atoms with Crippen LogP contribution in [0.25, 0.3) is 0 Å². The topological polar surface area (TPSA) is 64.5 Å². The molecule has 5 heteroatoms. The van der Waals surface area contributed by atoms with Crippen molar-refractivity contribution in [3.8, 4) is 17.4 Å². The van der Waals surface area contributed by atoms with Crippen LogP contribution in [0.15, 0.2) is 67.1 Å². The highest BCUT2D eigenvalue weighted by Crippen LogP contribution is 2.25. The maximum atomic E-state index is 10.3. The molecule has 0 fully saturated rings. The van der Waals surface area contributed by atoms with Gasteiger partial charge < -0.3 is 14.6 Å². The molecule has 1 aromatic heterocycles. The quantitative estimate of drug-likeness (QED) is 0.679. The predicted molar refractivity (Wildman–Crippen MR) is 99.5 cm³/mol. The molecule has 0 saturated heterocycles. The normalized spacial score (nSPS) is 12.0. The van der Waals surface area contributed by atoms with Crippen LogP contribution in [0.2, 0.25) is 0 Å². The Kier molecular flexibility index (Phi) is 5.81. The molecular formula is C21H22N2O3. The fourth-order valence-electron chi connectivity index (χ4n) is 2.46. The summed E-state index contributed by atoms with van der Waals surface area (Å²) in [5.74, 6) is 2.09. The van der Waals surface area contributed by atoms with Gasteiger partial charge in [-0.1, -0.05) is 44.2 Å². The van der Waals surface area contributed by atoms with Crippen LogP contribution in [0.4, 0.5) is 0 Å². The van der Waals surface area contributed by atoms with E-state index in [4.69, 9.17) is 9.47 Å². The Morgan fingerprint density at radius 1 is 0.962 bits per heavy atom. The van der Waals surface area contributed by atoms with Gasteiger partial charge in [-0.05, 0) is 29.2 Å². The molecule has 134 valence electrons. The second-order valence-electron chi connectivity index (χ2n) is 6.27. The molecule has 1 atom stereocenters. The van der Waals surface area contributed by atoms with Gasteiger partial charge in [0, 0.05) is 18.5 Å². The minimum absolute atomic E-state index is 0.162. The molecule has 1 N–H and O–H groups in total. The average molecular weight is 350 g/mol. The van der Waals surface area contributed by atoms with Crippen LogP contribution in [0.5, 0.6) is 17.4 Å². The van der Waals surface area contributed by atoms with Gasteiger partial charge in [0.25, 0.3) is 0 Å². The summed E-state index contributed by atoms with van der Waals surface area (Å²) in [6.07, 6.45) is 4.00. The molecule has 0 aliphatic heterocycles. The molecule has 0 amide bonds.